The Bertz CT molecular complexity index is 2670. The zero-order valence-electron chi connectivity index (χ0n) is 32.0. The number of aromatic nitrogens is 8. The fourth-order valence-electron chi connectivity index (χ4n) is 4.95. The van der Waals surface area contributed by atoms with Crippen molar-refractivity contribution in [3.63, 3.8) is 0 Å². The first-order chi connectivity index (χ1) is 28.4. The van der Waals surface area contributed by atoms with Crippen LogP contribution in [0.4, 0.5) is 32.0 Å². The summed E-state index contributed by atoms with van der Waals surface area (Å²) in [5, 5.41) is 40.6. The van der Waals surface area contributed by atoms with E-state index >= 15 is 0 Å². The molecule has 6 N–H and O–H groups in total. The molecule has 0 unspecified atom stereocenters. The van der Waals surface area contributed by atoms with E-state index in [4.69, 9.17) is 15.8 Å². The van der Waals surface area contributed by atoms with Gasteiger partial charge in [0.2, 0.25) is 31.7 Å². The summed E-state index contributed by atoms with van der Waals surface area (Å²) in [4.78, 5) is 2.59. The maximum absolute atomic E-state index is 12.5. The van der Waals surface area contributed by atoms with Crippen LogP contribution in [0.25, 0.3) is 22.8 Å². The van der Waals surface area contributed by atoms with Crippen molar-refractivity contribution in [3.8, 4) is 34.3 Å². The van der Waals surface area contributed by atoms with Gasteiger partial charge in [0.15, 0.2) is 0 Å². The van der Waals surface area contributed by atoms with Crippen molar-refractivity contribution < 1.29 is 62.7 Å². The summed E-state index contributed by atoms with van der Waals surface area (Å²) in [6, 6.07) is 18.7. The van der Waals surface area contributed by atoms with Crippen LogP contribution < -0.4 is 30.1 Å². The lowest BCUT2D eigenvalue weighted by molar-refractivity contribution is -0.275. The summed E-state index contributed by atoms with van der Waals surface area (Å²) >= 11 is 0. The number of halogens is 6. The number of rotatable bonds is 11. The van der Waals surface area contributed by atoms with Gasteiger partial charge in [-0.2, -0.15) is 9.59 Å². The van der Waals surface area contributed by atoms with Crippen LogP contribution in [0.5, 0.6) is 11.5 Å². The van der Waals surface area contributed by atoms with Crippen LogP contribution in [0.2, 0.25) is 0 Å². The Morgan fingerprint density at radius 2 is 1.16 bits per heavy atom. The minimum absolute atomic E-state index is 0.000332. The Hall–Kier alpha value is -6.20. The molecule has 6 rings (SSSR count). The van der Waals surface area contributed by atoms with Gasteiger partial charge in [0.25, 0.3) is 0 Å². The molecule has 0 aliphatic rings. The number of ether oxygens (including phenoxy) is 2. The summed E-state index contributed by atoms with van der Waals surface area (Å²) in [6.07, 6.45) is -9.38. The third-order valence-electron chi connectivity index (χ3n) is 7.68. The van der Waals surface area contributed by atoms with Crippen LogP contribution >= 0.6 is 0 Å². The Morgan fingerprint density at radius 1 is 0.689 bits per heavy atom. The average Bonchev–Trinajstić information content (AvgIpc) is 3.82. The minimum Gasteiger partial charge on any atom is -0.423 e. The third-order valence-corrected chi connectivity index (χ3v) is 10.5. The highest BCUT2D eigenvalue weighted by Gasteiger charge is 2.32. The summed E-state index contributed by atoms with van der Waals surface area (Å²) in [7, 11) is -3.26. The molecule has 28 heteroatoms. The normalized spacial score (nSPS) is 11.8. The molecule has 6 aromatic rings. The van der Waals surface area contributed by atoms with Crippen LogP contribution in [0, 0.1) is 0 Å². The number of alkyl halides is 6. The summed E-state index contributed by atoms with van der Waals surface area (Å²) in [5.41, 5.74) is 8.07. The summed E-state index contributed by atoms with van der Waals surface area (Å²) in [5.74, 6) is -0.354. The van der Waals surface area contributed by atoms with Gasteiger partial charge in [-0.3, -0.25) is 0 Å². The molecule has 0 fully saturated rings. The first-order valence-electron chi connectivity index (χ1n) is 16.8. The SMILES string of the molecule is CNS(=O)(=O)c1ccc(Cc2cccc(OC(F)(F)F)c2)c(-c2nnn(C)n2)c1.CNS(=O)(=O)c1ccc(N)c(-c2nnn(C)n2)c1.OB(O)c1cccc(OC(F)(F)F)c1. The van der Waals surface area contributed by atoms with Crippen LogP contribution in [-0.2, 0) is 40.6 Å². The Kier molecular flexibility index (Phi) is 15.1. The standard InChI is InChI=1S/C17H16F3N5O3S.C9H12N6O2S.C7H6BF3O3/c1-21-29(26,27)14-7-6-12(15(10-14)16-22-24-25(2)23-16)8-11-4-3-5-13(9-11)28-17(18,19)20;1-11-18(16,17)6-3-4-8(10)7(5-6)9-12-14-15(2)13-9;9-7(10,11)14-6-3-1-2-5(4-6)8(12)13/h3-7,9-10,21H,8H2,1-2H3;3-5,11H,10H2,1-2H3;1-4,12-13H. The molecule has 0 aliphatic carbocycles. The van der Waals surface area contributed by atoms with Gasteiger partial charge in [0.1, 0.15) is 11.5 Å². The van der Waals surface area contributed by atoms with Gasteiger partial charge in [-0.25, -0.2) is 26.3 Å². The molecule has 0 radical (unpaired) electrons. The number of sulfonamides is 2. The molecule has 0 aliphatic heterocycles. The van der Waals surface area contributed by atoms with Crippen LogP contribution in [0.15, 0.2) is 94.7 Å². The van der Waals surface area contributed by atoms with E-state index in [0.29, 0.717) is 27.9 Å². The molecule has 19 nitrogen and oxygen atoms in total. The third kappa shape index (κ3) is 13.9. The highest BCUT2D eigenvalue weighted by atomic mass is 32.2. The van der Waals surface area contributed by atoms with Crippen molar-refractivity contribution in [2.75, 3.05) is 19.8 Å². The molecular formula is C33H34BF6N11O8S2. The molecule has 0 bridgehead atoms. The largest absolute Gasteiger partial charge is 0.573 e. The van der Waals surface area contributed by atoms with E-state index in [2.05, 4.69) is 49.7 Å². The predicted molar refractivity (Wildman–Crippen MR) is 204 cm³/mol. The van der Waals surface area contributed by atoms with Crippen molar-refractivity contribution in [2.24, 2.45) is 14.1 Å². The second-order valence-electron chi connectivity index (χ2n) is 12.1. The number of nitrogens with zero attached hydrogens (tertiary/aromatic N) is 8. The quantitative estimate of drug-likeness (QED) is 0.0707. The molecule has 0 saturated carbocycles. The molecule has 326 valence electrons. The number of nitrogen functional groups attached to an aromatic ring is 1. The van der Waals surface area contributed by atoms with E-state index in [0.717, 1.165) is 12.1 Å². The highest BCUT2D eigenvalue weighted by molar-refractivity contribution is 7.89. The zero-order chi connectivity index (χ0) is 45.3. The van der Waals surface area contributed by atoms with Gasteiger partial charge in [0.05, 0.1) is 23.9 Å². The number of tetrazole rings is 2. The number of nitrogens with one attached hydrogen (secondary N) is 2. The second kappa shape index (κ2) is 19.5. The van der Waals surface area contributed by atoms with Crippen LogP contribution in [0.1, 0.15) is 11.1 Å². The molecule has 2 heterocycles. The van der Waals surface area contributed by atoms with E-state index in [1.165, 1.54) is 84.4 Å². The van der Waals surface area contributed by atoms with Crippen molar-refractivity contribution in [1.82, 2.24) is 49.9 Å². The molecule has 4 aromatic carbocycles. The van der Waals surface area contributed by atoms with Crippen LogP contribution in [-0.4, -0.2) is 101 Å². The van der Waals surface area contributed by atoms with E-state index in [9.17, 15) is 43.2 Å². The fraction of sp³-hybridized carbons (Fsp3) is 0.212. The number of anilines is 1. The number of benzene rings is 4. The van der Waals surface area contributed by atoms with Crippen molar-refractivity contribution in [3.05, 3.63) is 96.1 Å². The Morgan fingerprint density at radius 3 is 1.64 bits per heavy atom. The van der Waals surface area contributed by atoms with Gasteiger partial charge >= 0.3 is 19.8 Å². The molecule has 0 amide bonds. The zero-order valence-corrected chi connectivity index (χ0v) is 33.6. The van der Waals surface area contributed by atoms with E-state index < -0.39 is 45.6 Å². The summed E-state index contributed by atoms with van der Waals surface area (Å²) < 4.78 is 132. The van der Waals surface area contributed by atoms with Gasteiger partial charge in [-0.15, -0.1) is 46.7 Å². The average molecular weight is 902 g/mol. The fourth-order valence-corrected chi connectivity index (χ4v) is 6.46. The maximum Gasteiger partial charge on any atom is 0.573 e. The van der Waals surface area contributed by atoms with Gasteiger partial charge in [-0.05, 0) is 102 Å². The highest BCUT2D eigenvalue weighted by Crippen LogP contribution is 2.29. The van der Waals surface area contributed by atoms with Crippen LogP contribution in [0.3, 0.4) is 0 Å². The molecule has 61 heavy (non-hydrogen) atoms. The molecule has 0 spiro atoms. The van der Waals surface area contributed by atoms with Gasteiger partial charge in [0, 0.05) is 16.8 Å². The maximum atomic E-state index is 12.5. The summed E-state index contributed by atoms with van der Waals surface area (Å²) in [6.45, 7) is 0. The lowest BCUT2D eigenvalue weighted by Gasteiger charge is -2.12. The molecular weight excluding hydrogens is 867 g/mol. The first kappa shape index (κ1) is 47.5. The number of aryl methyl sites for hydroxylation is 2. The lowest BCUT2D eigenvalue weighted by Crippen LogP contribution is -2.30. The number of nitrogens with two attached hydrogens (primary N) is 1. The Labute approximate surface area is 343 Å². The van der Waals surface area contributed by atoms with Crippen molar-refractivity contribution >= 4 is 38.3 Å². The lowest BCUT2D eigenvalue weighted by atomic mass is 9.80. The smallest absolute Gasteiger partial charge is 0.423 e. The van der Waals surface area contributed by atoms with E-state index in [1.54, 1.807) is 26.2 Å². The van der Waals surface area contributed by atoms with E-state index in [1.807, 2.05) is 0 Å². The monoisotopic (exact) mass is 901 g/mol. The van der Waals surface area contributed by atoms with E-state index in [-0.39, 0.29) is 39.1 Å². The minimum atomic E-state index is -4.80. The number of hydrogen-bond donors (Lipinski definition) is 5. The molecule has 0 atom stereocenters. The topological polar surface area (TPSA) is 264 Å². The predicted octanol–water partition coefficient (Wildman–Crippen LogP) is 1.91. The molecule has 0 saturated heterocycles. The van der Waals surface area contributed by atoms with Gasteiger partial charge < -0.3 is 25.3 Å². The first-order valence-corrected chi connectivity index (χ1v) is 19.8. The van der Waals surface area contributed by atoms with Gasteiger partial charge in [-0.1, -0.05) is 30.3 Å². The number of hydrogen-bond acceptors (Lipinski definition) is 15. The Balaban J connectivity index is 0.000000219. The van der Waals surface area contributed by atoms with Crippen molar-refractivity contribution in [2.45, 2.75) is 28.9 Å². The van der Waals surface area contributed by atoms with Crippen molar-refractivity contribution in [1.29, 1.82) is 0 Å². The molecule has 2 aromatic heterocycles. The second-order valence-corrected chi connectivity index (χ2v) is 15.8.